The van der Waals surface area contributed by atoms with Crippen molar-refractivity contribution < 1.29 is 18.0 Å². The average Bonchev–Trinajstić information content (AvgIpc) is 2.90. The number of halogens is 1. The lowest BCUT2D eigenvalue weighted by Gasteiger charge is -2.35. The van der Waals surface area contributed by atoms with Crippen LogP contribution in [0.3, 0.4) is 0 Å². The molecule has 0 aromatic heterocycles. The molecule has 41 heavy (non-hydrogen) atoms. The van der Waals surface area contributed by atoms with Crippen molar-refractivity contribution in [2.75, 3.05) is 17.4 Å². The van der Waals surface area contributed by atoms with Gasteiger partial charge < -0.3 is 10.2 Å². The molecule has 220 valence electrons. The number of nitrogens with one attached hydrogen (secondary N) is 1. The highest BCUT2D eigenvalue weighted by Gasteiger charge is 2.34. The summed E-state index contributed by atoms with van der Waals surface area (Å²) >= 11 is 6.30. The van der Waals surface area contributed by atoms with Gasteiger partial charge in [0.05, 0.1) is 10.6 Å². The van der Waals surface area contributed by atoms with Crippen molar-refractivity contribution in [2.24, 2.45) is 0 Å². The highest BCUT2D eigenvalue weighted by Crippen LogP contribution is 2.30. The minimum Gasteiger partial charge on any atom is -0.350 e. The summed E-state index contributed by atoms with van der Waals surface area (Å²) in [4.78, 5) is 29.1. The predicted molar refractivity (Wildman–Crippen MR) is 166 cm³/mol. The Bertz CT molecular complexity index is 1450. The molecule has 1 atom stereocenters. The lowest BCUT2D eigenvalue weighted by Crippen LogP contribution is -2.56. The van der Waals surface area contributed by atoms with Crippen molar-refractivity contribution >= 4 is 39.1 Å². The number of anilines is 1. The zero-order valence-electron chi connectivity index (χ0n) is 24.6. The quantitative estimate of drug-likeness (QED) is 0.297. The molecule has 0 heterocycles. The van der Waals surface area contributed by atoms with Crippen LogP contribution in [0.1, 0.15) is 50.8 Å². The van der Waals surface area contributed by atoms with Crippen LogP contribution in [0.4, 0.5) is 5.69 Å². The summed E-state index contributed by atoms with van der Waals surface area (Å²) in [5, 5.41) is 3.33. The second kappa shape index (κ2) is 13.5. The normalized spacial score (nSPS) is 12.5. The number of rotatable bonds is 11. The Balaban J connectivity index is 2.06. The van der Waals surface area contributed by atoms with Crippen LogP contribution in [0.2, 0.25) is 5.02 Å². The molecule has 9 heteroatoms. The van der Waals surface area contributed by atoms with Crippen LogP contribution in [-0.4, -0.2) is 49.8 Å². The van der Waals surface area contributed by atoms with E-state index in [-0.39, 0.29) is 17.3 Å². The van der Waals surface area contributed by atoms with Gasteiger partial charge in [0, 0.05) is 17.1 Å². The molecule has 0 aliphatic carbocycles. The Labute approximate surface area is 249 Å². The van der Waals surface area contributed by atoms with Crippen LogP contribution in [0.15, 0.2) is 77.7 Å². The third-order valence-corrected chi connectivity index (χ3v) is 8.71. The van der Waals surface area contributed by atoms with E-state index >= 15 is 0 Å². The minimum atomic E-state index is -4.16. The molecule has 0 saturated heterocycles. The van der Waals surface area contributed by atoms with Crippen molar-refractivity contribution in [3.63, 3.8) is 0 Å². The highest BCUT2D eigenvalue weighted by molar-refractivity contribution is 7.92. The number of benzene rings is 3. The summed E-state index contributed by atoms with van der Waals surface area (Å²) in [6.07, 6.45) is 0.871. The first-order valence-electron chi connectivity index (χ1n) is 13.7. The summed E-state index contributed by atoms with van der Waals surface area (Å²) in [6.45, 7) is 10.9. The molecule has 0 spiro atoms. The zero-order valence-corrected chi connectivity index (χ0v) is 26.2. The zero-order chi connectivity index (χ0) is 30.4. The largest absolute Gasteiger partial charge is 0.350 e. The molecule has 0 radical (unpaired) electrons. The Kier molecular flexibility index (Phi) is 10.6. The van der Waals surface area contributed by atoms with E-state index in [1.54, 1.807) is 37.3 Å². The first kappa shape index (κ1) is 32.2. The van der Waals surface area contributed by atoms with E-state index in [1.807, 2.05) is 65.0 Å². The first-order valence-corrected chi connectivity index (χ1v) is 15.6. The van der Waals surface area contributed by atoms with Crippen LogP contribution in [-0.2, 0) is 26.0 Å². The fourth-order valence-electron chi connectivity index (χ4n) is 4.55. The first-order chi connectivity index (χ1) is 19.2. The van der Waals surface area contributed by atoms with Gasteiger partial charge in [-0.1, -0.05) is 72.6 Å². The predicted octanol–water partition coefficient (Wildman–Crippen LogP) is 5.92. The van der Waals surface area contributed by atoms with Gasteiger partial charge in [-0.3, -0.25) is 13.9 Å². The van der Waals surface area contributed by atoms with Gasteiger partial charge in [0.15, 0.2) is 0 Å². The number of hydrogen-bond acceptors (Lipinski definition) is 4. The summed E-state index contributed by atoms with van der Waals surface area (Å²) < 4.78 is 29.2. The Morgan fingerprint density at radius 2 is 1.59 bits per heavy atom. The van der Waals surface area contributed by atoms with Crippen LogP contribution < -0.4 is 9.62 Å². The molecule has 0 fully saturated rings. The molecule has 3 aromatic carbocycles. The number of sulfonamides is 1. The van der Waals surface area contributed by atoms with Crippen LogP contribution in [0.25, 0.3) is 0 Å². The van der Waals surface area contributed by atoms with Gasteiger partial charge >= 0.3 is 0 Å². The molecule has 0 aliphatic heterocycles. The van der Waals surface area contributed by atoms with Gasteiger partial charge in [-0.25, -0.2) is 8.42 Å². The molecule has 2 amide bonds. The molecule has 3 rings (SSSR count). The van der Waals surface area contributed by atoms with Crippen molar-refractivity contribution in [2.45, 2.75) is 70.9 Å². The highest BCUT2D eigenvalue weighted by atomic mass is 35.5. The van der Waals surface area contributed by atoms with Gasteiger partial charge in [0.25, 0.3) is 10.0 Å². The van der Waals surface area contributed by atoms with E-state index in [0.717, 1.165) is 15.4 Å². The third kappa shape index (κ3) is 8.57. The molecule has 3 aromatic rings. The SMILES string of the molecule is CCC(C(=O)NC(C)(C)C)N(CCc1ccccc1)C(=O)CN(c1cc(Cl)ccc1C)S(=O)(=O)c1ccc(C)cc1. The summed E-state index contributed by atoms with van der Waals surface area (Å²) in [7, 11) is -4.16. The maximum absolute atomic E-state index is 14.2. The summed E-state index contributed by atoms with van der Waals surface area (Å²) in [5.74, 6) is -0.764. The molecule has 0 saturated carbocycles. The Hall–Kier alpha value is -3.36. The van der Waals surface area contributed by atoms with Gasteiger partial charge in [0.2, 0.25) is 11.8 Å². The summed E-state index contributed by atoms with van der Waals surface area (Å²) in [5.41, 5.74) is 2.37. The number of hydrogen-bond donors (Lipinski definition) is 1. The van der Waals surface area contributed by atoms with Gasteiger partial charge in [-0.2, -0.15) is 0 Å². The molecular weight excluding hydrogens is 558 g/mol. The topological polar surface area (TPSA) is 86.8 Å². The second-order valence-corrected chi connectivity index (χ2v) is 13.5. The Morgan fingerprint density at radius 3 is 2.17 bits per heavy atom. The van der Waals surface area contributed by atoms with Crippen LogP contribution in [0, 0.1) is 13.8 Å². The van der Waals surface area contributed by atoms with E-state index in [4.69, 9.17) is 11.6 Å². The molecule has 7 nitrogen and oxygen atoms in total. The molecule has 0 bridgehead atoms. The number of carbonyl (C=O) groups is 2. The van der Waals surface area contributed by atoms with Gasteiger partial charge in [-0.15, -0.1) is 0 Å². The Morgan fingerprint density at radius 1 is 0.951 bits per heavy atom. The monoisotopic (exact) mass is 597 g/mol. The van der Waals surface area contributed by atoms with Gasteiger partial charge in [0.1, 0.15) is 12.6 Å². The molecule has 1 N–H and O–H groups in total. The maximum atomic E-state index is 14.2. The van der Waals surface area contributed by atoms with Crippen molar-refractivity contribution in [1.82, 2.24) is 10.2 Å². The number of amides is 2. The average molecular weight is 598 g/mol. The van der Waals surface area contributed by atoms with Crippen molar-refractivity contribution in [3.8, 4) is 0 Å². The number of aryl methyl sites for hydroxylation is 2. The molecule has 0 aliphatic rings. The lowest BCUT2D eigenvalue weighted by molar-refractivity contribution is -0.140. The van der Waals surface area contributed by atoms with Crippen molar-refractivity contribution in [1.29, 1.82) is 0 Å². The lowest BCUT2D eigenvalue weighted by atomic mass is 10.1. The molecule has 1 unspecified atom stereocenters. The van der Waals surface area contributed by atoms with Crippen LogP contribution >= 0.6 is 11.6 Å². The molecular formula is C32H40ClN3O4S. The van der Waals surface area contributed by atoms with Gasteiger partial charge in [-0.05, 0) is 82.9 Å². The van der Waals surface area contributed by atoms with E-state index in [2.05, 4.69) is 5.32 Å². The van der Waals surface area contributed by atoms with Crippen LogP contribution in [0.5, 0.6) is 0 Å². The fourth-order valence-corrected chi connectivity index (χ4v) is 6.19. The number of nitrogens with zero attached hydrogens (tertiary/aromatic N) is 2. The van der Waals surface area contributed by atoms with E-state index in [0.29, 0.717) is 29.1 Å². The maximum Gasteiger partial charge on any atom is 0.264 e. The van der Waals surface area contributed by atoms with Crippen molar-refractivity contribution in [3.05, 3.63) is 94.5 Å². The van der Waals surface area contributed by atoms with E-state index in [1.165, 1.54) is 17.0 Å². The number of carbonyl (C=O) groups excluding carboxylic acids is 2. The summed E-state index contributed by atoms with van der Waals surface area (Å²) in [6, 6.07) is 20.3. The smallest absolute Gasteiger partial charge is 0.264 e. The van der Waals surface area contributed by atoms with E-state index in [9.17, 15) is 18.0 Å². The minimum absolute atomic E-state index is 0.0589. The van der Waals surface area contributed by atoms with E-state index < -0.39 is 34.1 Å². The third-order valence-electron chi connectivity index (χ3n) is 6.70. The fraction of sp³-hybridized carbons (Fsp3) is 0.375. The standard InChI is InChI=1S/C32H40ClN3O4S/c1-7-28(31(38)34-32(4,5)6)35(20-19-25-11-9-8-10-12-25)30(37)22-36(29-21-26(33)16-15-24(29)3)41(39,40)27-17-13-23(2)14-18-27/h8-18,21,28H,7,19-20,22H2,1-6H3,(H,34,38). The second-order valence-electron chi connectivity index (χ2n) is 11.2.